The van der Waals surface area contributed by atoms with Crippen LogP contribution in [0.15, 0.2) is 77.4 Å². The lowest BCUT2D eigenvalue weighted by atomic mass is 10.0. The Labute approximate surface area is 188 Å². The van der Waals surface area contributed by atoms with Gasteiger partial charge in [0, 0.05) is 31.5 Å². The van der Waals surface area contributed by atoms with Gasteiger partial charge in [0.05, 0.1) is 6.26 Å². The van der Waals surface area contributed by atoms with Crippen LogP contribution in [0, 0.1) is 0 Å². The van der Waals surface area contributed by atoms with Crippen LogP contribution < -0.4 is 15.1 Å². The molecule has 1 aliphatic rings. The number of nitrogens with zero attached hydrogens (tertiary/aromatic N) is 2. The van der Waals surface area contributed by atoms with E-state index >= 15 is 0 Å². The predicted molar refractivity (Wildman–Crippen MR) is 126 cm³/mol. The summed E-state index contributed by atoms with van der Waals surface area (Å²) in [4.78, 5) is 30.8. The molecule has 1 atom stereocenters. The molecule has 3 aromatic rings. The highest BCUT2D eigenvalue weighted by Crippen LogP contribution is 2.31. The number of furan rings is 1. The fourth-order valence-electron chi connectivity index (χ4n) is 4.21. The zero-order valence-corrected chi connectivity index (χ0v) is 18.5. The number of para-hydroxylation sites is 1. The summed E-state index contributed by atoms with van der Waals surface area (Å²) in [7, 11) is 3.94. The molecule has 1 heterocycles. The molecule has 0 saturated heterocycles. The molecule has 4 rings (SSSR count). The summed E-state index contributed by atoms with van der Waals surface area (Å²) in [6.07, 6.45) is 5.63. The average molecular weight is 432 g/mol. The van der Waals surface area contributed by atoms with Crippen LogP contribution in [-0.2, 0) is 4.79 Å². The first kappa shape index (κ1) is 21.7. The average Bonchev–Trinajstić information content (AvgIpc) is 3.52. The van der Waals surface area contributed by atoms with Crippen LogP contribution in [0.4, 0.5) is 11.4 Å². The van der Waals surface area contributed by atoms with Crippen molar-refractivity contribution in [2.75, 3.05) is 23.9 Å². The van der Waals surface area contributed by atoms with E-state index in [9.17, 15) is 9.59 Å². The van der Waals surface area contributed by atoms with Crippen molar-refractivity contribution in [2.45, 2.75) is 37.8 Å². The molecule has 0 bridgehead atoms. The van der Waals surface area contributed by atoms with Gasteiger partial charge in [0.25, 0.3) is 5.91 Å². The quantitative estimate of drug-likeness (QED) is 0.584. The highest BCUT2D eigenvalue weighted by molar-refractivity contribution is 6.08. The lowest BCUT2D eigenvalue weighted by Gasteiger charge is -2.32. The number of anilines is 2. The number of benzene rings is 2. The van der Waals surface area contributed by atoms with E-state index in [-0.39, 0.29) is 23.6 Å². The number of amides is 2. The van der Waals surface area contributed by atoms with E-state index in [1.165, 1.54) is 11.2 Å². The highest BCUT2D eigenvalue weighted by Gasteiger charge is 2.35. The number of hydrogen-bond donors (Lipinski definition) is 1. The van der Waals surface area contributed by atoms with E-state index in [2.05, 4.69) is 5.32 Å². The molecular weight excluding hydrogens is 402 g/mol. The molecule has 0 spiro atoms. The van der Waals surface area contributed by atoms with Gasteiger partial charge in [-0.15, -0.1) is 0 Å². The minimum absolute atomic E-state index is 0.141. The summed E-state index contributed by atoms with van der Waals surface area (Å²) in [6.45, 7) is 0. The molecule has 166 valence electrons. The molecule has 2 amide bonds. The lowest BCUT2D eigenvalue weighted by Crippen LogP contribution is -2.46. The summed E-state index contributed by atoms with van der Waals surface area (Å²) < 4.78 is 5.42. The Morgan fingerprint density at radius 2 is 1.59 bits per heavy atom. The molecule has 0 aliphatic heterocycles. The second kappa shape index (κ2) is 9.73. The van der Waals surface area contributed by atoms with Gasteiger partial charge in [-0.3, -0.25) is 14.5 Å². The van der Waals surface area contributed by atoms with Gasteiger partial charge < -0.3 is 14.6 Å². The molecule has 1 fully saturated rings. The van der Waals surface area contributed by atoms with Crippen LogP contribution in [0.5, 0.6) is 0 Å². The SMILES string of the molecule is CN(C)c1ccc([C@H](C(=O)NC2CCCC2)N(C(=O)c2ccco2)c2ccccc2)cc1. The topological polar surface area (TPSA) is 65.8 Å². The molecule has 1 N–H and O–H groups in total. The van der Waals surface area contributed by atoms with Gasteiger partial charge in [-0.05, 0) is 54.8 Å². The molecule has 1 saturated carbocycles. The van der Waals surface area contributed by atoms with Gasteiger partial charge in [-0.1, -0.05) is 43.2 Å². The van der Waals surface area contributed by atoms with Crippen molar-refractivity contribution in [1.82, 2.24) is 5.32 Å². The normalized spacial score (nSPS) is 14.7. The van der Waals surface area contributed by atoms with Gasteiger partial charge in [-0.2, -0.15) is 0 Å². The molecule has 1 aliphatic carbocycles. The minimum Gasteiger partial charge on any atom is -0.459 e. The first-order valence-corrected chi connectivity index (χ1v) is 11.0. The molecular formula is C26H29N3O3. The Morgan fingerprint density at radius 1 is 0.906 bits per heavy atom. The zero-order valence-electron chi connectivity index (χ0n) is 18.5. The van der Waals surface area contributed by atoms with Gasteiger partial charge in [0.1, 0.15) is 6.04 Å². The first-order chi connectivity index (χ1) is 15.5. The number of carbonyl (C=O) groups excluding carboxylic acids is 2. The number of hydrogen-bond acceptors (Lipinski definition) is 4. The second-order valence-corrected chi connectivity index (χ2v) is 8.37. The van der Waals surface area contributed by atoms with Crippen molar-refractivity contribution in [2.24, 2.45) is 0 Å². The third-order valence-corrected chi connectivity index (χ3v) is 5.92. The largest absolute Gasteiger partial charge is 0.459 e. The van der Waals surface area contributed by atoms with E-state index in [0.717, 1.165) is 36.9 Å². The molecule has 6 nitrogen and oxygen atoms in total. The fraction of sp³-hybridized carbons (Fsp3) is 0.308. The van der Waals surface area contributed by atoms with Crippen LogP contribution in [0.2, 0.25) is 0 Å². The van der Waals surface area contributed by atoms with Crippen LogP contribution in [0.1, 0.15) is 47.8 Å². The van der Waals surface area contributed by atoms with Crippen molar-refractivity contribution >= 4 is 23.2 Å². The number of nitrogens with one attached hydrogen (secondary N) is 1. The van der Waals surface area contributed by atoms with Crippen molar-refractivity contribution in [1.29, 1.82) is 0 Å². The van der Waals surface area contributed by atoms with Crippen molar-refractivity contribution in [3.63, 3.8) is 0 Å². The van der Waals surface area contributed by atoms with Crippen LogP contribution >= 0.6 is 0 Å². The van der Waals surface area contributed by atoms with Crippen molar-refractivity contribution in [3.05, 3.63) is 84.3 Å². The smallest absolute Gasteiger partial charge is 0.294 e. The van der Waals surface area contributed by atoms with Crippen molar-refractivity contribution in [3.8, 4) is 0 Å². The summed E-state index contributed by atoms with van der Waals surface area (Å²) in [5.41, 5.74) is 2.40. The number of rotatable bonds is 7. The zero-order chi connectivity index (χ0) is 22.5. The summed E-state index contributed by atoms with van der Waals surface area (Å²) >= 11 is 0. The monoisotopic (exact) mass is 431 g/mol. The molecule has 0 radical (unpaired) electrons. The Hall–Kier alpha value is -3.54. The van der Waals surface area contributed by atoms with E-state index in [1.807, 2.05) is 73.6 Å². The molecule has 0 unspecified atom stereocenters. The van der Waals surface area contributed by atoms with E-state index < -0.39 is 6.04 Å². The first-order valence-electron chi connectivity index (χ1n) is 11.0. The third kappa shape index (κ3) is 4.69. The third-order valence-electron chi connectivity index (χ3n) is 5.92. The molecule has 6 heteroatoms. The minimum atomic E-state index is -0.827. The Balaban J connectivity index is 1.78. The maximum Gasteiger partial charge on any atom is 0.294 e. The summed E-state index contributed by atoms with van der Waals surface area (Å²) in [6, 6.07) is 19.7. The van der Waals surface area contributed by atoms with Crippen LogP contribution in [0.3, 0.4) is 0 Å². The van der Waals surface area contributed by atoms with E-state index in [1.54, 1.807) is 12.1 Å². The summed E-state index contributed by atoms with van der Waals surface area (Å²) in [5.74, 6) is -0.347. The van der Waals surface area contributed by atoms with E-state index in [0.29, 0.717) is 5.69 Å². The number of carbonyl (C=O) groups is 2. The fourth-order valence-corrected chi connectivity index (χ4v) is 4.21. The van der Waals surface area contributed by atoms with Crippen molar-refractivity contribution < 1.29 is 14.0 Å². The van der Waals surface area contributed by atoms with Crippen LogP contribution in [-0.4, -0.2) is 32.0 Å². The standard InChI is InChI=1S/C26H29N3O3/c1-28(2)21-16-14-19(15-17-21)24(25(30)27-20-9-6-7-10-20)29(22-11-4-3-5-12-22)26(31)23-13-8-18-32-23/h3-5,8,11-18,20,24H,6-7,9-10H2,1-2H3,(H,27,30)/t24-/m1/s1. The summed E-state index contributed by atoms with van der Waals surface area (Å²) in [5, 5.41) is 3.19. The van der Waals surface area contributed by atoms with E-state index in [4.69, 9.17) is 4.42 Å². The van der Waals surface area contributed by atoms with Crippen LogP contribution in [0.25, 0.3) is 0 Å². The van der Waals surface area contributed by atoms with Gasteiger partial charge >= 0.3 is 0 Å². The maximum absolute atomic E-state index is 13.7. The van der Waals surface area contributed by atoms with Gasteiger partial charge in [0.2, 0.25) is 5.91 Å². The Kier molecular flexibility index (Phi) is 6.59. The second-order valence-electron chi connectivity index (χ2n) is 8.37. The lowest BCUT2D eigenvalue weighted by molar-refractivity contribution is -0.123. The molecule has 1 aromatic heterocycles. The Bertz CT molecular complexity index is 1020. The predicted octanol–water partition coefficient (Wildman–Crippen LogP) is 4.79. The maximum atomic E-state index is 13.7. The van der Waals surface area contributed by atoms with Gasteiger partial charge in [0.15, 0.2) is 5.76 Å². The molecule has 2 aromatic carbocycles. The molecule has 32 heavy (non-hydrogen) atoms. The van der Waals surface area contributed by atoms with Gasteiger partial charge in [-0.25, -0.2) is 0 Å². The Morgan fingerprint density at radius 3 is 2.19 bits per heavy atom. The highest BCUT2D eigenvalue weighted by atomic mass is 16.3.